The highest BCUT2D eigenvalue weighted by molar-refractivity contribution is 7.89. The van der Waals surface area contributed by atoms with Crippen molar-refractivity contribution < 1.29 is 18.3 Å². The van der Waals surface area contributed by atoms with Gasteiger partial charge in [-0.25, -0.2) is 8.42 Å². The lowest BCUT2D eigenvalue weighted by atomic mass is 10.0. The third-order valence-corrected chi connectivity index (χ3v) is 7.18. The highest BCUT2D eigenvalue weighted by Crippen LogP contribution is 2.31. The van der Waals surface area contributed by atoms with E-state index in [1.54, 1.807) is 31.5 Å². The van der Waals surface area contributed by atoms with Gasteiger partial charge >= 0.3 is 0 Å². The Hall–Kier alpha value is -2.68. The molecule has 1 fully saturated rings. The summed E-state index contributed by atoms with van der Waals surface area (Å²) in [6.45, 7) is 2.49. The van der Waals surface area contributed by atoms with Crippen LogP contribution in [0.4, 0.5) is 0 Å². The van der Waals surface area contributed by atoms with Crippen LogP contribution in [0.2, 0.25) is 0 Å². The third kappa shape index (κ3) is 3.91. The molecule has 8 heteroatoms. The second-order valence-electron chi connectivity index (χ2n) is 7.02. The number of piperazine rings is 1. The fourth-order valence-corrected chi connectivity index (χ4v) is 5.03. The van der Waals surface area contributed by atoms with Crippen molar-refractivity contribution in [1.29, 1.82) is 0 Å². The molecule has 1 N–H and O–H groups in total. The van der Waals surface area contributed by atoms with Crippen LogP contribution >= 0.6 is 0 Å². The monoisotopic (exact) mass is 413 g/mol. The van der Waals surface area contributed by atoms with Gasteiger partial charge in [0.05, 0.1) is 7.11 Å². The van der Waals surface area contributed by atoms with Crippen molar-refractivity contribution >= 4 is 20.8 Å². The minimum absolute atomic E-state index is 0.215. The predicted octanol–water partition coefficient (Wildman–Crippen LogP) is 2.46. The van der Waals surface area contributed by atoms with Crippen LogP contribution in [0.25, 0.3) is 10.8 Å². The number of aromatic hydroxyl groups is 1. The Morgan fingerprint density at radius 1 is 1.10 bits per heavy atom. The minimum atomic E-state index is -3.53. The van der Waals surface area contributed by atoms with Gasteiger partial charge in [0.15, 0.2) is 0 Å². The van der Waals surface area contributed by atoms with Gasteiger partial charge in [-0.05, 0) is 41.1 Å². The van der Waals surface area contributed by atoms with E-state index in [0.717, 1.165) is 22.1 Å². The molecule has 1 aliphatic heterocycles. The zero-order chi connectivity index (χ0) is 20.4. The normalized spacial score (nSPS) is 16.2. The molecule has 0 spiro atoms. The van der Waals surface area contributed by atoms with Crippen LogP contribution in [0, 0.1) is 0 Å². The number of hydrogen-bond acceptors (Lipinski definition) is 6. The van der Waals surface area contributed by atoms with Crippen molar-refractivity contribution in [3.63, 3.8) is 0 Å². The van der Waals surface area contributed by atoms with Crippen molar-refractivity contribution in [2.75, 3.05) is 33.3 Å². The molecule has 1 saturated heterocycles. The molecule has 29 heavy (non-hydrogen) atoms. The van der Waals surface area contributed by atoms with Gasteiger partial charge in [0, 0.05) is 50.7 Å². The number of hydrogen-bond donors (Lipinski definition) is 1. The lowest BCUT2D eigenvalue weighted by Gasteiger charge is -2.34. The Bertz CT molecular complexity index is 1110. The quantitative estimate of drug-likeness (QED) is 0.692. The largest absolute Gasteiger partial charge is 0.508 e. The van der Waals surface area contributed by atoms with Crippen LogP contribution in [0.3, 0.4) is 0 Å². The average molecular weight is 413 g/mol. The maximum atomic E-state index is 12.8. The van der Waals surface area contributed by atoms with Gasteiger partial charge in [-0.3, -0.25) is 9.88 Å². The molecule has 1 aliphatic rings. The number of phenolic OH excluding ortho intramolecular Hbond substituents is 1. The highest BCUT2D eigenvalue weighted by Gasteiger charge is 2.29. The van der Waals surface area contributed by atoms with Gasteiger partial charge < -0.3 is 9.84 Å². The molecule has 1 aromatic heterocycles. The lowest BCUT2D eigenvalue weighted by molar-refractivity contribution is 0.180. The number of pyridine rings is 1. The van der Waals surface area contributed by atoms with Crippen LogP contribution in [-0.4, -0.2) is 61.0 Å². The number of ether oxygens (including phenoxy) is 1. The molecule has 0 radical (unpaired) electrons. The van der Waals surface area contributed by atoms with Crippen molar-refractivity contribution in [3.8, 4) is 11.5 Å². The van der Waals surface area contributed by atoms with Gasteiger partial charge in [-0.1, -0.05) is 12.1 Å². The SMILES string of the molecule is COc1ccc2ccc(O)c(CN3CCN(S(=O)(=O)c4cccnc4)CC3)c2c1. The van der Waals surface area contributed by atoms with Crippen LogP contribution < -0.4 is 4.74 Å². The van der Waals surface area contributed by atoms with Crippen molar-refractivity contribution in [2.24, 2.45) is 0 Å². The van der Waals surface area contributed by atoms with Crippen LogP contribution in [0.15, 0.2) is 59.8 Å². The van der Waals surface area contributed by atoms with Crippen LogP contribution in [0.1, 0.15) is 5.56 Å². The van der Waals surface area contributed by atoms with Gasteiger partial charge in [-0.15, -0.1) is 0 Å². The molecule has 0 saturated carbocycles. The van der Waals surface area contributed by atoms with E-state index in [1.807, 2.05) is 24.3 Å². The van der Waals surface area contributed by atoms with Crippen LogP contribution in [-0.2, 0) is 16.6 Å². The van der Waals surface area contributed by atoms with Gasteiger partial charge in [0.2, 0.25) is 10.0 Å². The van der Waals surface area contributed by atoms with E-state index in [2.05, 4.69) is 9.88 Å². The molecular weight excluding hydrogens is 390 g/mol. The summed E-state index contributed by atoms with van der Waals surface area (Å²) in [5.41, 5.74) is 0.824. The Labute approximate surface area is 170 Å². The molecule has 2 aromatic carbocycles. The Morgan fingerprint density at radius 3 is 2.55 bits per heavy atom. The molecule has 2 heterocycles. The summed E-state index contributed by atoms with van der Waals surface area (Å²) in [5, 5.41) is 12.4. The number of fused-ring (bicyclic) bond motifs is 1. The standard InChI is InChI=1S/C21H23N3O4S/c1-28-17-6-4-16-5-7-21(25)20(19(16)13-17)15-23-9-11-24(12-10-23)29(26,27)18-3-2-8-22-14-18/h2-8,13-14,25H,9-12,15H2,1H3. The summed E-state index contributed by atoms with van der Waals surface area (Å²) in [6.07, 6.45) is 2.94. The first-order valence-electron chi connectivity index (χ1n) is 9.40. The first-order valence-corrected chi connectivity index (χ1v) is 10.8. The molecule has 152 valence electrons. The van der Waals surface area contributed by atoms with E-state index < -0.39 is 10.0 Å². The Morgan fingerprint density at radius 2 is 1.86 bits per heavy atom. The van der Waals surface area contributed by atoms with E-state index in [-0.39, 0.29) is 10.6 Å². The number of sulfonamides is 1. The summed E-state index contributed by atoms with van der Waals surface area (Å²) in [6, 6.07) is 12.6. The zero-order valence-electron chi connectivity index (χ0n) is 16.2. The van der Waals surface area contributed by atoms with Gasteiger partial charge in [0.1, 0.15) is 16.4 Å². The number of methoxy groups -OCH3 is 1. The number of benzene rings is 2. The van der Waals surface area contributed by atoms with Crippen molar-refractivity contribution in [3.05, 3.63) is 60.4 Å². The number of rotatable bonds is 5. The van der Waals surface area contributed by atoms with E-state index in [0.29, 0.717) is 32.7 Å². The van der Waals surface area contributed by atoms with Crippen molar-refractivity contribution in [1.82, 2.24) is 14.2 Å². The van der Waals surface area contributed by atoms with Gasteiger partial charge in [0.25, 0.3) is 0 Å². The molecule has 0 atom stereocenters. The number of phenols is 1. The summed E-state index contributed by atoms with van der Waals surface area (Å²) in [5.74, 6) is 0.966. The molecule has 0 unspecified atom stereocenters. The third-order valence-electron chi connectivity index (χ3n) is 5.30. The fourth-order valence-electron chi connectivity index (χ4n) is 3.64. The van der Waals surface area contributed by atoms with Gasteiger partial charge in [-0.2, -0.15) is 4.31 Å². The second-order valence-corrected chi connectivity index (χ2v) is 8.96. The molecular formula is C21H23N3O4S. The molecule has 0 bridgehead atoms. The molecule has 3 aromatic rings. The fraction of sp³-hybridized carbons (Fsp3) is 0.286. The molecule has 7 nitrogen and oxygen atoms in total. The molecule has 4 rings (SSSR count). The Kier molecular flexibility index (Phi) is 5.40. The molecule has 0 amide bonds. The maximum absolute atomic E-state index is 12.8. The van der Waals surface area contributed by atoms with E-state index in [1.165, 1.54) is 10.5 Å². The van der Waals surface area contributed by atoms with E-state index in [4.69, 9.17) is 4.74 Å². The van der Waals surface area contributed by atoms with E-state index >= 15 is 0 Å². The second kappa shape index (κ2) is 7.98. The number of aromatic nitrogens is 1. The average Bonchev–Trinajstić information content (AvgIpc) is 2.76. The molecule has 0 aliphatic carbocycles. The summed E-state index contributed by atoms with van der Waals surface area (Å²) >= 11 is 0. The minimum Gasteiger partial charge on any atom is -0.508 e. The zero-order valence-corrected chi connectivity index (χ0v) is 17.0. The number of nitrogens with zero attached hydrogens (tertiary/aromatic N) is 3. The Balaban J connectivity index is 1.51. The lowest BCUT2D eigenvalue weighted by Crippen LogP contribution is -2.48. The van der Waals surface area contributed by atoms with Crippen LogP contribution in [0.5, 0.6) is 11.5 Å². The summed E-state index contributed by atoms with van der Waals surface area (Å²) in [7, 11) is -1.92. The van der Waals surface area contributed by atoms with Crippen molar-refractivity contribution in [2.45, 2.75) is 11.4 Å². The first kappa shape index (κ1) is 19.6. The predicted molar refractivity (Wildman–Crippen MR) is 110 cm³/mol. The smallest absolute Gasteiger partial charge is 0.244 e. The van der Waals surface area contributed by atoms with E-state index in [9.17, 15) is 13.5 Å². The maximum Gasteiger partial charge on any atom is 0.244 e. The first-order chi connectivity index (χ1) is 14.0. The topological polar surface area (TPSA) is 83.0 Å². The summed E-state index contributed by atoms with van der Waals surface area (Å²) < 4.78 is 32.3. The summed E-state index contributed by atoms with van der Waals surface area (Å²) in [4.78, 5) is 6.29. The highest BCUT2D eigenvalue weighted by atomic mass is 32.2.